The summed E-state index contributed by atoms with van der Waals surface area (Å²) in [5.41, 5.74) is 17.0. The number of primary amides is 1. The van der Waals surface area contributed by atoms with Crippen molar-refractivity contribution in [3.8, 4) is 0 Å². The van der Waals surface area contributed by atoms with E-state index in [9.17, 15) is 48.9 Å². The van der Waals surface area contributed by atoms with E-state index in [1.54, 1.807) is 0 Å². The fraction of sp³-hybridized carbons (Fsp3) is 0.542. The third-order valence-electron chi connectivity index (χ3n) is 7.72. The minimum Gasteiger partial charge on any atom is -0.480 e. The Hall–Kier alpha value is -3.10. The van der Waals surface area contributed by atoms with E-state index in [1.807, 2.05) is 0 Å². The van der Waals surface area contributed by atoms with Crippen LogP contribution in [0, 0.1) is 0 Å². The van der Waals surface area contributed by atoms with Crippen LogP contribution in [0.1, 0.15) is 6.23 Å². The first kappa shape index (κ1) is 39.1. The zero-order valence-electron chi connectivity index (χ0n) is 25.9. The number of carboxylic acids is 1. The molecule has 51 heavy (non-hydrogen) atoms. The van der Waals surface area contributed by atoms with Crippen molar-refractivity contribution in [1.82, 2.24) is 24.4 Å². The molecule has 2 aromatic heterocycles. The summed E-state index contributed by atoms with van der Waals surface area (Å²) >= 11 is 1.01. The third kappa shape index (κ3) is 8.76. The largest absolute Gasteiger partial charge is 0.481 e. The number of rotatable bonds is 15. The molecular weight excluding hydrogens is 750 g/mol. The molecule has 282 valence electrons. The summed E-state index contributed by atoms with van der Waals surface area (Å²) in [6.45, 7) is -1.90. The Bertz CT molecular complexity index is 1790. The van der Waals surface area contributed by atoms with Crippen molar-refractivity contribution in [2.75, 3.05) is 24.7 Å². The van der Waals surface area contributed by atoms with E-state index in [1.165, 1.54) is 34.3 Å². The number of carbonyl (C=O) groups is 2. The van der Waals surface area contributed by atoms with Gasteiger partial charge < -0.3 is 66.9 Å². The Morgan fingerprint density at radius 1 is 0.961 bits per heavy atom. The van der Waals surface area contributed by atoms with Crippen molar-refractivity contribution >= 4 is 56.3 Å². The number of imidazole rings is 1. The number of aromatic nitrogens is 4. The average Bonchev–Trinajstić information content (AvgIpc) is 3.71. The van der Waals surface area contributed by atoms with Crippen LogP contribution in [-0.2, 0) is 41.6 Å². The highest BCUT2D eigenvalue weighted by molar-refractivity contribution is 8.00. The molecule has 0 saturated carbocycles. The first-order valence-corrected chi connectivity index (χ1v) is 18.6. The van der Waals surface area contributed by atoms with Gasteiger partial charge in [0.1, 0.15) is 54.5 Å². The maximum absolute atomic E-state index is 12.6. The van der Waals surface area contributed by atoms with Crippen LogP contribution in [0.4, 0.5) is 5.82 Å². The van der Waals surface area contributed by atoms with Crippen LogP contribution < -0.4 is 17.2 Å². The quantitative estimate of drug-likeness (QED) is 0.0781. The van der Waals surface area contributed by atoms with Gasteiger partial charge in [0.05, 0.1) is 24.8 Å². The van der Waals surface area contributed by atoms with Gasteiger partial charge in [-0.25, -0.2) is 24.1 Å². The maximum atomic E-state index is 12.6. The molecule has 12 atom stereocenters. The van der Waals surface area contributed by atoms with Crippen molar-refractivity contribution < 1.29 is 76.9 Å². The molecular formula is C24H34N8O16P2S. The standard InChI is InChI=1S/C24H34N8O16P2S/c25-10(24(38)39)6-51-13-1-2-31(3-9(13)20(27)37)22-17(35)15(33)11(46-22)4-44-49(40,41)48-50(42,43)45-5-12-16(34)18(36)23(47-12)32-8-30-14-19(26)28-7-29-21(14)32/h1-3,7-8,10-13,15-18,22-23,33-36H,4-6,25H2,(H2,27,37)(H,38,39)(H,40,41)(H,42,43)(H2,26,28,29)/t10-,11+,12+,13-,15+,16+,17+,18+,22+,23+/m0/s1. The Morgan fingerprint density at radius 3 is 2.14 bits per heavy atom. The minimum atomic E-state index is -5.45. The van der Waals surface area contributed by atoms with Crippen molar-refractivity contribution in [3.63, 3.8) is 0 Å². The lowest BCUT2D eigenvalue weighted by atomic mass is 10.1. The van der Waals surface area contributed by atoms with E-state index in [0.29, 0.717) is 0 Å². The molecule has 0 aromatic carbocycles. The van der Waals surface area contributed by atoms with Crippen molar-refractivity contribution in [2.24, 2.45) is 11.5 Å². The Morgan fingerprint density at radius 2 is 1.55 bits per heavy atom. The molecule has 1 amide bonds. The molecule has 0 spiro atoms. The number of fused-ring (bicyclic) bond motifs is 1. The molecule has 5 heterocycles. The molecule has 2 aromatic rings. The van der Waals surface area contributed by atoms with Gasteiger partial charge in [0.15, 0.2) is 23.9 Å². The lowest BCUT2D eigenvalue weighted by Gasteiger charge is -2.31. The number of aliphatic carboxylic acids is 1. The van der Waals surface area contributed by atoms with E-state index < -0.39 is 101 Å². The van der Waals surface area contributed by atoms with Gasteiger partial charge in [-0.15, -0.1) is 11.8 Å². The summed E-state index contributed by atoms with van der Waals surface area (Å²) in [6, 6.07) is -1.22. The van der Waals surface area contributed by atoms with Crippen LogP contribution >= 0.6 is 27.4 Å². The first-order valence-electron chi connectivity index (χ1n) is 14.6. The second-order valence-electron chi connectivity index (χ2n) is 11.2. The Balaban J connectivity index is 1.14. The number of nitrogen functional groups attached to an aromatic ring is 1. The van der Waals surface area contributed by atoms with E-state index in [0.717, 1.165) is 18.1 Å². The zero-order chi connectivity index (χ0) is 37.4. The molecule has 0 bridgehead atoms. The first-order chi connectivity index (χ1) is 23.9. The molecule has 0 radical (unpaired) electrons. The van der Waals surface area contributed by atoms with Gasteiger partial charge >= 0.3 is 21.6 Å². The Kier molecular flexibility index (Phi) is 11.9. The molecule has 2 fully saturated rings. The lowest BCUT2D eigenvalue weighted by Crippen LogP contribution is -2.41. The number of aliphatic hydroxyl groups is 4. The number of nitrogens with zero attached hydrogens (tertiary/aromatic N) is 5. The van der Waals surface area contributed by atoms with E-state index >= 15 is 0 Å². The number of nitrogens with two attached hydrogens (primary N) is 3. The van der Waals surface area contributed by atoms with Crippen LogP contribution in [0.15, 0.2) is 36.7 Å². The number of phosphoric ester groups is 2. The molecule has 13 N–H and O–H groups in total. The predicted octanol–water partition coefficient (Wildman–Crippen LogP) is -3.56. The number of anilines is 1. The molecule has 3 aliphatic heterocycles. The number of thioether (sulfide) groups is 1. The maximum Gasteiger partial charge on any atom is 0.481 e. The van der Waals surface area contributed by atoms with Crippen LogP contribution in [0.25, 0.3) is 11.2 Å². The van der Waals surface area contributed by atoms with Gasteiger partial charge in [0.25, 0.3) is 0 Å². The van der Waals surface area contributed by atoms with Gasteiger partial charge in [-0.1, -0.05) is 6.08 Å². The van der Waals surface area contributed by atoms with Gasteiger partial charge in [0.2, 0.25) is 5.91 Å². The number of amides is 1. The fourth-order valence-corrected chi connectivity index (χ4v) is 8.31. The van der Waals surface area contributed by atoms with Crippen LogP contribution in [0.2, 0.25) is 0 Å². The zero-order valence-corrected chi connectivity index (χ0v) is 28.5. The summed E-state index contributed by atoms with van der Waals surface area (Å²) in [4.78, 5) is 56.4. The SMILES string of the molecule is NC(=O)C1=CN([C@@H]2O[C@H](COP(=O)(O)OP(=O)(O)OC[C@H]3O[C@@H](n4cnc5c(N)ncnc54)[C@H](O)[C@@H]3O)[C@@H](O)[C@H]2O)C=C[C@@H]1SC[C@H](N)C(=O)O. The van der Waals surface area contributed by atoms with Gasteiger partial charge in [-0.2, -0.15) is 4.31 Å². The molecule has 24 nitrogen and oxygen atoms in total. The number of aliphatic hydroxyl groups excluding tert-OH is 4. The van der Waals surface area contributed by atoms with E-state index in [-0.39, 0.29) is 28.3 Å². The normalized spacial score (nSPS) is 32.4. The summed E-state index contributed by atoms with van der Waals surface area (Å²) < 4.78 is 51.2. The smallest absolute Gasteiger partial charge is 0.480 e. The van der Waals surface area contributed by atoms with E-state index in [2.05, 4.69) is 19.3 Å². The Labute approximate surface area is 290 Å². The van der Waals surface area contributed by atoms with Gasteiger partial charge in [-0.3, -0.25) is 23.2 Å². The third-order valence-corrected chi connectivity index (χ3v) is 11.6. The van der Waals surface area contributed by atoms with Crippen LogP contribution in [0.3, 0.4) is 0 Å². The number of carboxylic acid groups (broad SMARTS) is 1. The number of hydrogen-bond acceptors (Lipinski definition) is 20. The van der Waals surface area contributed by atoms with Crippen LogP contribution in [0.5, 0.6) is 0 Å². The number of ether oxygens (including phenoxy) is 2. The topological polar surface area (TPSA) is 381 Å². The summed E-state index contributed by atoms with van der Waals surface area (Å²) in [5, 5.41) is 50.4. The van der Waals surface area contributed by atoms with Gasteiger partial charge in [0, 0.05) is 23.7 Å². The second-order valence-corrected chi connectivity index (χ2v) is 15.4. The van der Waals surface area contributed by atoms with Crippen molar-refractivity contribution in [3.05, 3.63) is 36.7 Å². The molecule has 27 heteroatoms. The van der Waals surface area contributed by atoms with Crippen molar-refractivity contribution in [1.29, 1.82) is 0 Å². The predicted molar refractivity (Wildman–Crippen MR) is 169 cm³/mol. The van der Waals surface area contributed by atoms with Crippen LogP contribution in [-0.4, -0.2) is 145 Å². The van der Waals surface area contributed by atoms with Crippen molar-refractivity contribution in [2.45, 2.75) is 60.4 Å². The molecule has 0 aliphatic carbocycles. The highest BCUT2D eigenvalue weighted by Gasteiger charge is 2.48. The fourth-order valence-electron chi connectivity index (χ4n) is 5.12. The number of hydrogen-bond donors (Lipinski definition) is 10. The average molecular weight is 785 g/mol. The molecule has 2 unspecified atom stereocenters. The summed E-state index contributed by atoms with van der Waals surface area (Å²) in [5.74, 6) is -2.17. The lowest BCUT2D eigenvalue weighted by molar-refractivity contribution is -0.137. The summed E-state index contributed by atoms with van der Waals surface area (Å²) in [7, 11) is -10.9. The molecule has 3 aliphatic rings. The van der Waals surface area contributed by atoms with Gasteiger partial charge in [-0.05, 0) is 0 Å². The number of phosphoric acid groups is 2. The summed E-state index contributed by atoms with van der Waals surface area (Å²) in [6.07, 6.45) is -6.08. The monoisotopic (exact) mass is 784 g/mol. The van der Waals surface area contributed by atoms with E-state index in [4.69, 9.17) is 40.8 Å². The second kappa shape index (κ2) is 15.5. The molecule has 5 rings (SSSR count). The number of carbonyl (C=O) groups excluding carboxylic acids is 1. The highest BCUT2D eigenvalue weighted by Crippen LogP contribution is 2.60. The minimum absolute atomic E-state index is 0.0208. The molecule has 2 saturated heterocycles. The highest BCUT2D eigenvalue weighted by atomic mass is 32.2.